The van der Waals surface area contributed by atoms with Crippen molar-refractivity contribution in [3.63, 3.8) is 0 Å². The topological polar surface area (TPSA) is 64.0 Å². The molecular formula is C20H18F3N3O2. The highest BCUT2D eigenvalue weighted by molar-refractivity contribution is 5.79. The van der Waals surface area contributed by atoms with Crippen LogP contribution in [0.15, 0.2) is 59.5 Å². The Bertz CT molecular complexity index is 1060. The number of benzene rings is 2. The van der Waals surface area contributed by atoms with Crippen molar-refractivity contribution in [3.8, 4) is 0 Å². The SMILES string of the molecule is CC(NC(=O)CCn1ncc(=O)c2ccccc21)c1cccc(C(F)(F)F)c1. The maximum Gasteiger partial charge on any atom is 0.416 e. The highest BCUT2D eigenvalue weighted by Crippen LogP contribution is 2.30. The molecule has 0 aliphatic heterocycles. The average Bonchev–Trinajstić information content (AvgIpc) is 2.67. The van der Waals surface area contributed by atoms with E-state index in [4.69, 9.17) is 0 Å². The van der Waals surface area contributed by atoms with E-state index in [1.807, 2.05) is 0 Å². The molecule has 1 unspecified atom stereocenters. The van der Waals surface area contributed by atoms with E-state index in [0.717, 1.165) is 12.1 Å². The van der Waals surface area contributed by atoms with Crippen molar-refractivity contribution in [2.45, 2.75) is 32.1 Å². The van der Waals surface area contributed by atoms with E-state index in [2.05, 4.69) is 10.4 Å². The predicted molar refractivity (Wildman–Crippen MR) is 98.6 cm³/mol. The molecule has 1 aromatic heterocycles. The van der Waals surface area contributed by atoms with Crippen molar-refractivity contribution in [3.05, 3.63) is 76.1 Å². The van der Waals surface area contributed by atoms with Crippen molar-refractivity contribution < 1.29 is 18.0 Å². The quantitative estimate of drug-likeness (QED) is 0.724. The van der Waals surface area contributed by atoms with Crippen LogP contribution in [0.25, 0.3) is 10.9 Å². The zero-order valence-electron chi connectivity index (χ0n) is 15.0. The van der Waals surface area contributed by atoms with Gasteiger partial charge in [-0.1, -0.05) is 24.3 Å². The van der Waals surface area contributed by atoms with Crippen molar-refractivity contribution in [2.75, 3.05) is 0 Å². The first kappa shape index (κ1) is 19.6. The van der Waals surface area contributed by atoms with Gasteiger partial charge in [0.25, 0.3) is 0 Å². The fraction of sp³-hybridized carbons (Fsp3) is 0.250. The monoisotopic (exact) mass is 389 g/mol. The van der Waals surface area contributed by atoms with Gasteiger partial charge in [-0.3, -0.25) is 14.3 Å². The number of hydrogen-bond donors (Lipinski definition) is 1. The largest absolute Gasteiger partial charge is 0.416 e. The van der Waals surface area contributed by atoms with Crippen LogP contribution in [0.4, 0.5) is 13.2 Å². The lowest BCUT2D eigenvalue weighted by Crippen LogP contribution is -2.28. The summed E-state index contributed by atoms with van der Waals surface area (Å²) in [6, 6.07) is 11.3. The zero-order valence-corrected chi connectivity index (χ0v) is 15.0. The Morgan fingerprint density at radius 1 is 1.18 bits per heavy atom. The number of aromatic nitrogens is 2. The lowest BCUT2D eigenvalue weighted by Gasteiger charge is -2.16. The van der Waals surface area contributed by atoms with Crippen LogP contribution in [0.1, 0.15) is 30.5 Å². The number of fused-ring (bicyclic) bond motifs is 1. The van der Waals surface area contributed by atoms with Gasteiger partial charge in [-0.05, 0) is 36.8 Å². The molecule has 0 radical (unpaired) electrons. The van der Waals surface area contributed by atoms with Gasteiger partial charge in [0, 0.05) is 11.8 Å². The van der Waals surface area contributed by atoms with Crippen LogP contribution in [0, 0.1) is 0 Å². The van der Waals surface area contributed by atoms with Gasteiger partial charge >= 0.3 is 6.18 Å². The molecule has 8 heteroatoms. The molecule has 2 aromatic carbocycles. The molecule has 5 nitrogen and oxygen atoms in total. The first-order valence-corrected chi connectivity index (χ1v) is 8.67. The number of carbonyl (C=O) groups is 1. The second-order valence-corrected chi connectivity index (χ2v) is 6.41. The Labute approximate surface area is 158 Å². The number of hydrogen-bond acceptors (Lipinski definition) is 3. The van der Waals surface area contributed by atoms with E-state index >= 15 is 0 Å². The number of carbonyl (C=O) groups excluding carboxylic acids is 1. The van der Waals surface area contributed by atoms with Crippen LogP contribution in [0.2, 0.25) is 0 Å². The van der Waals surface area contributed by atoms with Crippen LogP contribution in [-0.2, 0) is 17.5 Å². The normalized spacial score (nSPS) is 12.7. The molecule has 3 aromatic rings. The smallest absolute Gasteiger partial charge is 0.350 e. The molecule has 146 valence electrons. The minimum absolute atomic E-state index is 0.0726. The van der Waals surface area contributed by atoms with Gasteiger partial charge < -0.3 is 5.32 Å². The third kappa shape index (κ3) is 4.39. The minimum atomic E-state index is -4.43. The molecule has 0 bridgehead atoms. The molecule has 0 spiro atoms. The minimum Gasteiger partial charge on any atom is -0.350 e. The van der Waals surface area contributed by atoms with Crippen LogP contribution >= 0.6 is 0 Å². The number of alkyl halides is 3. The molecule has 0 fully saturated rings. The van der Waals surface area contributed by atoms with Gasteiger partial charge in [0.1, 0.15) is 0 Å². The van der Waals surface area contributed by atoms with Crippen LogP contribution in [-0.4, -0.2) is 15.7 Å². The first-order chi connectivity index (χ1) is 13.3. The Morgan fingerprint density at radius 3 is 2.68 bits per heavy atom. The second kappa shape index (κ2) is 7.84. The zero-order chi connectivity index (χ0) is 20.3. The Morgan fingerprint density at radius 2 is 1.93 bits per heavy atom. The molecule has 28 heavy (non-hydrogen) atoms. The summed E-state index contributed by atoms with van der Waals surface area (Å²) in [6.45, 7) is 1.86. The maximum absolute atomic E-state index is 12.8. The third-order valence-electron chi connectivity index (χ3n) is 4.40. The molecule has 0 saturated heterocycles. The van der Waals surface area contributed by atoms with Crippen molar-refractivity contribution in [1.29, 1.82) is 0 Å². The molecule has 0 aliphatic carbocycles. The van der Waals surface area contributed by atoms with Gasteiger partial charge in [-0.25, -0.2) is 0 Å². The Balaban J connectivity index is 1.67. The van der Waals surface area contributed by atoms with Crippen LogP contribution in [0.5, 0.6) is 0 Å². The second-order valence-electron chi connectivity index (χ2n) is 6.41. The summed E-state index contributed by atoms with van der Waals surface area (Å²) in [5, 5.41) is 7.26. The third-order valence-corrected chi connectivity index (χ3v) is 4.40. The van der Waals surface area contributed by atoms with E-state index in [9.17, 15) is 22.8 Å². The van der Waals surface area contributed by atoms with E-state index in [1.165, 1.54) is 18.3 Å². The lowest BCUT2D eigenvalue weighted by molar-refractivity contribution is -0.137. The highest BCUT2D eigenvalue weighted by Gasteiger charge is 2.30. The van der Waals surface area contributed by atoms with Gasteiger partial charge in [0.05, 0.1) is 29.9 Å². The Kier molecular flexibility index (Phi) is 5.48. The fourth-order valence-electron chi connectivity index (χ4n) is 2.93. The fourth-order valence-corrected chi connectivity index (χ4v) is 2.93. The number of aryl methyl sites for hydroxylation is 1. The summed E-state index contributed by atoms with van der Waals surface area (Å²) in [5.74, 6) is -0.325. The summed E-state index contributed by atoms with van der Waals surface area (Å²) in [6.07, 6.45) is -3.16. The van der Waals surface area contributed by atoms with E-state index in [0.29, 0.717) is 16.5 Å². The summed E-state index contributed by atoms with van der Waals surface area (Å²) < 4.78 is 40.1. The molecule has 0 saturated carbocycles. The number of amides is 1. The van der Waals surface area contributed by atoms with Crippen molar-refractivity contribution in [1.82, 2.24) is 15.1 Å². The molecule has 1 N–H and O–H groups in total. The summed E-state index contributed by atoms with van der Waals surface area (Å²) in [7, 11) is 0. The van der Waals surface area contributed by atoms with E-state index < -0.39 is 17.8 Å². The number of para-hydroxylation sites is 1. The van der Waals surface area contributed by atoms with E-state index in [-0.39, 0.29) is 24.3 Å². The van der Waals surface area contributed by atoms with Crippen LogP contribution < -0.4 is 10.7 Å². The predicted octanol–water partition coefficient (Wildman–Crippen LogP) is 3.68. The molecule has 1 heterocycles. The molecular weight excluding hydrogens is 371 g/mol. The number of nitrogens with zero attached hydrogens (tertiary/aromatic N) is 2. The van der Waals surface area contributed by atoms with E-state index in [1.54, 1.807) is 35.9 Å². The van der Waals surface area contributed by atoms with Crippen molar-refractivity contribution in [2.24, 2.45) is 0 Å². The summed E-state index contributed by atoms with van der Waals surface area (Å²) in [4.78, 5) is 24.1. The van der Waals surface area contributed by atoms with Gasteiger partial charge in [-0.15, -0.1) is 0 Å². The summed E-state index contributed by atoms with van der Waals surface area (Å²) in [5.41, 5.74) is 0.0355. The summed E-state index contributed by atoms with van der Waals surface area (Å²) >= 11 is 0. The maximum atomic E-state index is 12.8. The number of halogens is 3. The van der Waals surface area contributed by atoms with Crippen LogP contribution in [0.3, 0.4) is 0 Å². The first-order valence-electron chi connectivity index (χ1n) is 8.67. The van der Waals surface area contributed by atoms with Gasteiger partial charge in [0.2, 0.25) is 11.3 Å². The lowest BCUT2D eigenvalue weighted by atomic mass is 10.0. The molecule has 3 rings (SSSR count). The molecule has 1 atom stereocenters. The molecule has 0 aliphatic rings. The number of rotatable bonds is 5. The van der Waals surface area contributed by atoms with Crippen molar-refractivity contribution >= 4 is 16.8 Å². The number of nitrogens with one attached hydrogen (secondary N) is 1. The van der Waals surface area contributed by atoms with Gasteiger partial charge in [0.15, 0.2) is 0 Å². The highest BCUT2D eigenvalue weighted by atomic mass is 19.4. The van der Waals surface area contributed by atoms with Gasteiger partial charge in [-0.2, -0.15) is 18.3 Å². The standard InChI is InChI=1S/C20H18F3N3O2/c1-13(14-5-4-6-15(11-14)20(21,22)23)25-19(28)9-10-26-17-8-3-2-7-16(17)18(27)12-24-26/h2-8,11-13H,9-10H2,1H3,(H,25,28). The average molecular weight is 389 g/mol. The Hall–Kier alpha value is -3.16. The molecule has 1 amide bonds.